The van der Waals surface area contributed by atoms with Crippen LogP contribution in [0, 0.1) is 5.82 Å². The van der Waals surface area contributed by atoms with Gasteiger partial charge in [0.15, 0.2) is 0 Å². The van der Waals surface area contributed by atoms with Gasteiger partial charge < -0.3 is 15.3 Å². The van der Waals surface area contributed by atoms with Crippen molar-refractivity contribution in [1.82, 2.24) is 9.88 Å². The molecule has 1 aromatic rings. The van der Waals surface area contributed by atoms with Gasteiger partial charge in [-0.15, -0.1) is 0 Å². The molecular weight excluding hydrogens is 237 g/mol. The van der Waals surface area contributed by atoms with Crippen molar-refractivity contribution in [2.75, 3.05) is 25.5 Å². The number of anilines is 1. The van der Waals surface area contributed by atoms with Gasteiger partial charge in [0.2, 0.25) is 0 Å². The molecule has 1 heterocycles. The third-order valence-electron chi connectivity index (χ3n) is 2.72. The average Bonchev–Trinajstić information content (AvgIpc) is 2.30. The van der Waals surface area contributed by atoms with Crippen molar-refractivity contribution in [1.29, 1.82) is 0 Å². The molecule has 0 fully saturated rings. The average molecular weight is 255 g/mol. The van der Waals surface area contributed by atoms with Crippen LogP contribution in [0.5, 0.6) is 0 Å². The van der Waals surface area contributed by atoms with Gasteiger partial charge in [-0.3, -0.25) is 0 Å². The Morgan fingerprint density at radius 3 is 2.83 bits per heavy atom. The highest BCUT2D eigenvalue weighted by atomic mass is 19.1. The first kappa shape index (κ1) is 14.4. The number of halogens is 1. The number of nitrogens with zero attached hydrogens (tertiary/aromatic N) is 2. The molecule has 100 valence electrons. The van der Waals surface area contributed by atoms with Crippen molar-refractivity contribution < 1.29 is 14.3 Å². The summed E-state index contributed by atoms with van der Waals surface area (Å²) in [5, 5.41) is 11.8. The fraction of sp³-hybridized carbons (Fsp3) is 0.500. The molecule has 0 spiro atoms. The molecule has 18 heavy (non-hydrogen) atoms. The number of hydrogen-bond donors (Lipinski definition) is 2. The van der Waals surface area contributed by atoms with Gasteiger partial charge >= 0.3 is 5.97 Å². The summed E-state index contributed by atoms with van der Waals surface area (Å²) in [4.78, 5) is 16.8. The van der Waals surface area contributed by atoms with Crippen molar-refractivity contribution >= 4 is 11.8 Å². The summed E-state index contributed by atoms with van der Waals surface area (Å²) in [5.74, 6) is -1.65. The third-order valence-corrected chi connectivity index (χ3v) is 2.72. The lowest BCUT2D eigenvalue weighted by Crippen LogP contribution is -2.31. The molecule has 0 aromatic carbocycles. The molecule has 0 aliphatic carbocycles. The Morgan fingerprint density at radius 2 is 2.28 bits per heavy atom. The van der Waals surface area contributed by atoms with Crippen LogP contribution in [0.15, 0.2) is 12.3 Å². The van der Waals surface area contributed by atoms with E-state index in [-0.39, 0.29) is 11.4 Å². The first-order valence-corrected chi connectivity index (χ1v) is 5.74. The minimum atomic E-state index is -1.19. The van der Waals surface area contributed by atoms with E-state index in [4.69, 9.17) is 5.11 Å². The predicted molar refractivity (Wildman–Crippen MR) is 67.4 cm³/mol. The van der Waals surface area contributed by atoms with Gasteiger partial charge in [0.1, 0.15) is 17.2 Å². The van der Waals surface area contributed by atoms with Gasteiger partial charge in [0, 0.05) is 19.1 Å². The molecule has 0 aliphatic rings. The van der Waals surface area contributed by atoms with Gasteiger partial charge in [-0.1, -0.05) is 0 Å². The smallest absolute Gasteiger partial charge is 0.339 e. The summed E-state index contributed by atoms with van der Waals surface area (Å²) in [5.41, 5.74) is -0.151. The molecule has 1 aromatic heterocycles. The number of pyridine rings is 1. The summed E-state index contributed by atoms with van der Waals surface area (Å²) in [6.07, 6.45) is 1.00. The fourth-order valence-corrected chi connectivity index (χ4v) is 1.35. The van der Waals surface area contributed by atoms with Gasteiger partial charge in [-0.05, 0) is 27.0 Å². The van der Waals surface area contributed by atoms with E-state index in [9.17, 15) is 9.18 Å². The van der Waals surface area contributed by atoms with E-state index in [0.717, 1.165) is 18.8 Å². The summed E-state index contributed by atoms with van der Waals surface area (Å²) < 4.78 is 12.9. The Bertz CT molecular complexity index is 424. The summed E-state index contributed by atoms with van der Waals surface area (Å²) in [6.45, 7) is 5.43. The predicted octanol–water partition coefficient (Wildman–Crippen LogP) is 1.67. The molecule has 0 amide bonds. The maximum Gasteiger partial charge on any atom is 0.339 e. The minimum absolute atomic E-state index is 0.151. The second-order valence-electron chi connectivity index (χ2n) is 4.36. The van der Waals surface area contributed by atoms with E-state index in [1.54, 1.807) is 0 Å². The van der Waals surface area contributed by atoms with E-state index in [1.807, 2.05) is 7.05 Å². The number of likely N-dealkylation sites (N-methyl/N-ethyl adjacent to an activating group) is 1. The molecule has 0 atom stereocenters. The molecule has 1 rings (SSSR count). The lowest BCUT2D eigenvalue weighted by molar-refractivity contribution is 0.0697. The molecule has 0 saturated carbocycles. The standard InChI is InChI=1S/C12H18FN3O2/c1-8(2)16(3)5-4-14-11-10(12(17)18)6-9(13)7-15-11/h6-8H,4-5H2,1-3H3,(H,14,15)(H,17,18). The maximum absolute atomic E-state index is 12.9. The Hall–Kier alpha value is -1.69. The zero-order chi connectivity index (χ0) is 13.7. The SMILES string of the molecule is CC(C)N(C)CCNc1ncc(F)cc1C(=O)O. The Balaban J connectivity index is 2.65. The highest BCUT2D eigenvalue weighted by molar-refractivity contribution is 5.93. The van der Waals surface area contributed by atoms with Crippen LogP contribution in [0.3, 0.4) is 0 Å². The van der Waals surface area contributed by atoms with Crippen molar-refractivity contribution in [2.45, 2.75) is 19.9 Å². The quantitative estimate of drug-likeness (QED) is 0.809. The number of aromatic nitrogens is 1. The van der Waals surface area contributed by atoms with E-state index >= 15 is 0 Å². The van der Waals surface area contributed by atoms with Crippen LogP contribution in [0.2, 0.25) is 0 Å². The third kappa shape index (κ3) is 3.96. The number of carboxylic acids is 1. The van der Waals surface area contributed by atoms with Crippen LogP contribution >= 0.6 is 0 Å². The van der Waals surface area contributed by atoms with Crippen LogP contribution < -0.4 is 5.32 Å². The van der Waals surface area contributed by atoms with Crippen molar-refractivity contribution in [2.24, 2.45) is 0 Å². The lowest BCUT2D eigenvalue weighted by Gasteiger charge is -2.21. The van der Waals surface area contributed by atoms with Crippen LogP contribution in [0.1, 0.15) is 24.2 Å². The summed E-state index contributed by atoms with van der Waals surface area (Å²) in [6, 6.07) is 1.37. The second-order valence-corrected chi connectivity index (χ2v) is 4.36. The van der Waals surface area contributed by atoms with Gasteiger partial charge in [0.05, 0.1) is 6.20 Å². The first-order valence-electron chi connectivity index (χ1n) is 5.74. The molecule has 5 nitrogen and oxygen atoms in total. The number of hydrogen-bond acceptors (Lipinski definition) is 4. The van der Waals surface area contributed by atoms with Crippen LogP contribution in [0.4, 0.5) is 10.2 Å². The van der Waals surface area contributed by atoms with Crippen molar-refractivity contribution in [3.8, 4) is 0 Å². The minimum Gasteiger partial charge on any atom is -0.478 e. The largest absolute Gasteiger partial charge is 0.478 e. The van der Waals surface area contributed by atoms with Crippen molar-refractivity contribution in [3.05, 3.63) is 23.6 Å². The van der Waals surface area contributed by atoms with Gasteiger partial charge in [0.25, 0.3) is 0 Å². The number of nitrogens with one attached hydrogen (secondary N) is 1. The fourth-order valence-electron chi connectivity index (χ4n) is 1.35. The molecule has 0 saturated heterocycles. The Labute approximate surface area is 106 Å². The van der Waals surface area contributed by atoms with E-state index in [0.29, 0.717) is 12.6 Å². The second kappa shape index (κ2) is 6.30. The number of carbonyl (C=O) groups is 1. The number of carboxylic acid groups (broad SMARTS) is 1. The van der Waals surface area contributed by atoms with E-state index < -0.39 is 11.8 Å². The molecule has 2 N–H and O–H groups in total. The van der Waals surface area contributed by atoms with Gasteiger partial charge in [-0.25, -0.2) is 14.2 Å². The zero-order valence-electron chi connectivity index (χ0n) is 10.8. The molecule has 0 radical (unpaired) electrons. The van der Waals surface area contributed by atoms with Crippen LogP contribution in [0.25, 0.3) is 0 Å². The Kier molecular flexibility index (Phi) is 5.03. The first-order chi connectivity index (χ1) is 8.41. The monoisotopic (exact) mass is 255 g/mol. The highest BCUT2D eigenvalue weighted by Crippen LogP contribution is 2.13. The highest BCUT2D eigenvalue weighted by Gasteiger charge is 2.12. The van der Waals surface area contributed by atoms with E-state index in [2.05, 4.69) is 29.0 Å². The van der Waals surface area contributed by atoms with Gasteiger partial charge in [-0.2, -0.15) is 0 Å². The number of aromatic carboxylic acids is 1. The zero-order valence-corrected chi connectivity index (χ0v) is 10.8. The van der Waals surface area contributed by atoms with Crippen molar-refractivity contribution in [3.63, 3.8) is 0 Å². The van der Waals surface area contributed by atoms with Crippen LogP contribution in [-0.2, 0) is 0 Å². The lowest BCUT2D eigenvalue weighted by atomic mass is 10.2. The molecule has 6 heteroatoms. The summed E-state index contributed by atoms with van der Waals surface area (Å²) in [7, 11) is 1.97. The van der Waals surface area contributed by atoms with Crippen LogP contribution in [-0.4, -0.2) is 47.1 Å². The molecular formula is C12H18FN3O2. The normalized spacial score (nSPS) is 11.0. The molecule has 0 aliphatic heterocycles. The molecule has 0 unspecified atom stereocenters. The van der Waals surface area contributed by atoms with E-state index in [1.165, 1.54) is 0 Å². The molecule has 0 bridgehead atoms. The number of rotatable bonds is 6. The topological polar surface area (TPSA) is 65.5 Å². The Morgan fingerprint density at radius 1 is 1.61 bits per heavy atom. The maximum atomic E-state index is 12.9. The summed E-state index contributed by atoms with van der Waals surface area (Å²) >= 11 is 0.